The maximum atomic E-state index is 12.9. The summed E-state index contributed by atoms with van der Waals surface area (Å²) < 4.78 is 10.9. The van der Waals surface area contributed by atoms with Crippen molar-refractivity contribution in [3.63, 3.8) is 0 Å². The number of furan rings is 1. The van der Waals surface area contributed by atoms with Crippen LogP contribution in [0.15, 0.2) is 77.2 Å². The van der Waals surface area contributed by atoms with Crippen molar-refractivity contribution in [3.8, 4) is 17.1 Å². The van der Waals surface area contributed by atoms with Crippen molar-refractivity contribution >= 4 is 22.6 Å². The molecule has 4 aromatic rings. The molecule has 3 aromatic carbocycles. The molecule has 1 amide bonds. The summed E-state index contributed by atoms with van der Waals surface area (Å²) in [5.74, 6) is 0.0788. The number of ether oxygens (including phenoxy) is 1. The monoisotopic (exact) mass is 429 g/mol. The van der Waals surface area contributed by atoms with Gasteiger partial charge in [-0.3, -0.25) is 4.79 Å². The highest BCUT2D eigenvalue weighted by Gasteiger charge is 2.24. The first kappa shape index (κ1) is 21.2. The zero-order valence-electron chi connectivity index (χ0n) is 17.8. The van der Waals surface area contributed by atoms with Crippen molar-refractivity contribution in [2.24, 2.45) is 0 Å². The van der Waals surface area contributed by atoms with Crippen molar-refractivity contribution in [1.82, 2.24) is 5.32 Å². The zero-order chi connectivity index (χ0) is 22.7. The van der Waals surface area contributed by atoms with Gasteiger partial charge in [0.1, 0.15) is 23.3 Å². The van der Waals surface area contributed by atoms with Gasteiger partial charge in [0.2, 0.25) is 0 Å². The molecule has 6 heteroatoms. The molecule has 0 aliphatic rings. The highest BCUT2D eigenvalue weighted by molar-refractivity contribution is 5.98. The van der Waals surface area contributed by atoms with Gasteiger partial charge in [-0.25, -0.2) is 4.79 Å². The summed E-state index contributed by atoms with van der Waals surface area (Å²) in [6.45, 7) is 1.68. The molecule has 1 unspecified atom stereocenters. The number of aryl methyl sites for hydroxylation is 1. The molecule has 6 nitrogen and oxygen atoms in total. The lowest BCUT2D eigenvalue weighted by atomic mass is 10.0. The third-order valence-corrected chi connectivity index (χ3v) is 5.39. The van der Waals surface area contributed by atoms with E-state index < -0.39 is 17.9 Å². The molecule has 1 aromatic heterocycles. The molecule has 0 spiro atoms. The Kier molecular flexibility index (Phi) is 5.94. The number of hydrogen-bond acceptors (Lipinski definition) is 4. The summed E-state index contributed by atoms with van der Waals surface area (Å²) >= 11 is 0. The Morgan fingerprint density at radius 3 is 2.41 bits per heavy atom. The fourth-order valence-electron chi connectivity index (χ4n) is 3.64. The van der Waals surface area contributed by atoms with Crippen molar-refractivity contribution in [1.29, 1.82) is 0 Å². The first-order valence-electron chi connectivity index (χ1n) is 10.2. The lowest BCUT2D eigenvalue weighted by Crippen LogP contribution is -2.42. The first-order valence-corrected chi connectivity index (χ1v) is 10.2. The number of carboxylic acid groups (broad SMARTS) is 1. The number of hydrogen-bond donors (Lipinski definition) is 2. The van der Waals surface area contributed by atoms with E-state index in [4.69, 9.17) is 9.15 Å². The number of fused-ring (bicyclic) bond motifs is 1. The van der Waals surface area contributed by atoms with Gasteiger partial charge in [-0.05, 0) is 53.6 Å². The predicted octanol–water partition coefficient (Wildman–Crippen LogP) is 4.84. The number of rotatable bonds is 7. The maximum Gasteiger partial charge on any atom is 0.326 e. The highest BCUT2D eigenvalue weighted by atomic mass is 16.5. The van der Waals surface area contributed by atoms with Crippen LogP contribution < -0.4 is 10.1 Å². The van der Waals surface area contributed by atoms with E-state index in [0.29, 0.717) is 22.8 Å². The number of aliphatic carboxylic acids is 1. The summed E-state index contributed by atoms with van der Waals surface area (Å²) in [6, 6.07) is 21.5. The van der Waals surface area contributed by atoms with E-state index in [1.54, 1.807) is 32.2 Å². The second-order valence-corrected chi connectivity index (χ2v) is 7.56. The summed E-state index contributed by atoms with van der Waals surface area (Å²) in [5, 5.41) is 14.4. The topological polar surface area (TPSA) is 88.8 Å². The van der Waals surface area contributed by atoms with E-state index in [0.717, 1.165) is 21.9 Å². The van der Waals surface area contributed by atoms with Gasteiger partial charge in [-0.2, -0.15) is 0 Å². The number of nitrogens with one attached hydrogen (secondary N) is 1. The van der Waals surface area contributed by atoms with Gasteiger partial charge in [0.25, 0.3) is 5.91 Å². The molecule has 1 atom stereocenters. The van der Waals surface area contributed by atoms with Crippen molar-refractivity contribution in [3.05, 3.63) is 89.7 Å². The minimum absolute atomic E-state index is 0.175. The maximum absolute atomic E-state index is 12.9. The molecule has 0 aliphatic carbocycles. The number of methoxy groups -OCH3 is 1. The Balaban J connectivity index is 1.52. The van der Waals surface area contributed by atoms with Gasteiger partial charge in [-0.1, -0.05) is 42.5 Å². The Morgan fingerprint density at radius 1 is 1.00 bits per heavy atom. The molecule has 0 saturated heterocycles. The van der Waals surface area contributed by atoms with Crippen LogP contribution >= 0.6 is 0 Å². The molecule has 0 aliphatic heterocycles. The molecular formula is C26H23NO5. The van der Waals surface area contributed by atoms with E-state index in [2.05, 4.69) is 5.32 Å². The molecule has 1 heterocycles. The normalized spacial score (nSPS) is 11.8. The summed E-state index contributed by atoms with van der Waals surface area (Å²) in [7, 11) is 1.59. The molecule has 0 fully saturated rings. The molecule has 4 rings (SSSR count). The summed E-state index contributed by atoms with van der Waals surface area (Å²) in [4.78, 5) is 24.7. The van der Waals surface area contributed by atoms with Crippen molar-refractivity contribution in [2.75, 3.05) is 7.11 Å². The van der Waals surface area contributed by atoms with Crippen LogP contribution in [0, 0.1) is 6.92 Å². The Morgan fingerprint density at radius 2 is 1.72 bits per heavy atom. The number of carboxylic acids is 1. The zero-order valence-corrected chi connectivity index (χ0v) is 17.8. The Bertz CT molecular complexity index is 1270. The molecule has 2 N–H and O–H groups in total. The van der Waals surface area contributed by atoms with Gasteiger partial charge in [0.15, 0.2) is 0 Å². The Hall–Kier alpha value is -4.06. The van der Waals surface area contributed by atoms with Crippen LogP contribution in [0.2, 0.25) is 0 Å². The van der Waals surface area contributed by atoms with E-state index in [9.17, 15) is 14.7 Å². The SMILES string of the molecule is COc1ccc(-c2cc(C(=O)NC(Cc3ccc4ccccc4c3)C(=O)O)c(C)o2)cc1. The number of amides is 1. The first-order chi connectivity index (χ1) is 15.4. The van der Waals surface area contributed by atoms with Gasteiger partial charge < -0.3 is 19.6 Å². The molecule has 162 valence electrons. The van der Waals surface area contributed by atoms with Crippen LogP contribution in [0.1, 0.15) is 21.7 Å². The van der Waals surface area contributed by atoms with Crippen LogP contribution in [0.4, 0.5) is 0 Å². The minimum atomic E-state index is -1.09. The predicted molar refractivity (Wildman–Crippen MR) is 122 cm³/mol. The van der Waals surface area contributed by atoms with Crippen LogP contribution in [0.3, 0.4) is 0 Å². The summed E-state index contributed by atoms with van der Waals surface area (Å²) in [6.07, 6.45) is 0.175. The second kappa shape index (κ2) is 8.98. The van der Waals surface area contributed by atoms with Gasteiger partial charge in [0, 0.05) is 12.0 Å². The number of carbonyl (C=O) groups excluding carboxylic acids is 1. The van der Waals surface area contributed by atoms with Gasteiger partial charge in [0.05, 0.1) is 12.7 Å². The fraction of sp³-hybridized carbons (Fsp3) is 0.154. The quantitative estimate of drug-likeness (QED) is 0.439. The van der Waals surface area contributed by atoms with Crippen molar-refractivity contribution < 1.29 is 23.8 Å². The fourth-order valence-corrected chi connectivity index (χ4v) is 3.64. The van der Waals surface area contributed by atoms with Crippen LogP contribution in [0.5, 0.6) is 5.75 Å². The standard InChI is InChI=1S/C26H23NO5/c1-16-22(15-24(32-16)19-9-11-21(31-2)12-10-19)25(28)27-23(26(29)30)14-17-7-8-18-5-3-4-6-20(18)13-17/h3-13,15,23H,14H2,1-2H3,(H,27,28)(H,29,30). The minimum Gasteiger partial charge on any atom is -0.497 e. The molecule has 32 heavy (non-hydrogen) atoms. The van der Waals surface area contributed by atoms with E-state index in [1.807, 2.05) is 54.6 Å². The average Bonchev–Trinajstić information content (AvgIpc) is 3.20. The third kappa shape index (κ3) is 4.49. The number of carbonyl (C=O) groups is 2. The Labute approximate surface area is 185 Å². The second-order valence-electron chi connectivity index (χ2n) is 7.56. The van der Waals surface area contributed by atoms with Crippen molar-refractivity contribution in [2.45, 2.75) is 19.4 Å². The molecule has 0 saturated carbocycles. The molecule has 0 bridgehead atoms. The summed E-state index contributed by atoms with van der Waals surface area (Å²) in [5.41, 5.74) is 1.93. The molecular weight excluding hydrogens is 406 g/mol. The van der Waals surface area contributed by atoms with E-state index in [-0.39, 0.29) is 6.42 Å². The van der Waals surface area contributed by atoms with Crippen LogP contribution in [-0.2, 0) is 11.2 Å². The van der Waals surface area contributed by atoms with Gasteiger partial charge in [-0.15, -0.1) is 0 Å². The number of benzene rings is 3. The van der Waals surface area contributed by atoms with Crippen LogP contribution in [-0.4, -0.2) is 30.1 Å². The lowest BCUT2D eigenvalue weighted by molar-refractivity contribution is -0.139. The molecule has 0 radical (unpaired) electrons. The smallest absolute Gasteiger partial charge is 0.326 e. The van der Waals surface area contributed by atoms with E-state index in [1.165, 1.54) is 0 Å². The third-order valence-electron chi connectivity index (χ3n) is 5.39. The van der Waals surface area contributed by atoms with E-state index >= 15 is 0 Å². The lowest BCUT2D eigenvalue weighted by Gasteiger charge is -2.15. The van der Waals surface area contributed by atoms with Gasteiger partial charge >= 0.3 is 5.97 Å². The highest BCUT2D eigenvalue weighted by Crippen LogP contribution is 2.27. The van der Waals surface area contributed by atoms with Crippen LogP contribution in [0.25, 0.3) is 22.1 Å². The largest absolute Gasteiger partial charge is 0.497 e. The average molecular weight is 429 g/mol.